The third-order valence-corrected chi connectivity index (χ3v) is 8.34. The highest BCUT2D eigenvalue weighted by molar-refractivity contribution is 6.74. The first-order valence-electron chi connectivity index (χ1n) is 5.51. The Morgan fingerprint density at radius 1 is 1.38 bits per heavy atom. The van der Waals surface area contributed by atoms with Crippen LogP contribution in [-0.4, -0.2) is 27.1 Å². The average molecular weight is 250 g/mol. The van der Waals surface area contributed by atoms with Gasteiger partial charge in [-0.15, -0.1) is 0 Å². The first kappa shape index (κ1) is 13.8. The van der Waals surface area contributed by atoms with Crippen molar-refractivity contribution in [1.29, 1.82) is 0 Å². The van der Waals surface area contributed by atoms with Crippen LogP contribution >= 0.6 is 0 Å². The Kier molecular flexibility index (Phi) is 3.33. The molecule has 1 saturated carbocycles. The van der Waals surface area contributed by atoms with Crippen molar-refractivity contribution in [2.24, 2.45) is 11.8 Å². The fraction of sp³-hybridized carbons (Fsp3) is 0.909. The standard InChI is InChI=1S/C11H20F2O2Si/c1-10(2,3)16(4,5)15-7-9-8(6-14)11(9,12)13/h6,8-9H,7H2,1-5H3. The highest BCUT2D eigenvalue weighted by Gasteiger charge is 2.68. The Morgan fingerprint density at radius 2 is 1.88 bits per heavy atom. The number of carbonyl (C=O) groups excluding carboxylic acids is 1. The van der Waals surface area contributed by atoms with E-state index in [0.717, 1.165) is 0 Å². The van der Waals surface area contributed by atoms with Crippen LogP contribution in [0, 0.1) is 11.8 Å². The first-order valence-corrected chi connectivity index (χ1v) is 8.42. The molecule has 0 amide bonds. The number of halogens is 2. The van der Waals surface area contributed by atoms with Crippen molar-refractivity contribution in [1.82, 2.24) is 0 Å². The molecule has 1 aliphatic carbocycles. The molecule has 94 valence electrons. The number of alkyl halides is 2. The molecule has 0 bridgehead atoms. The summed E-state index contributed by atoms with van der Waals surface area (Å²) in [7, 11) is -1.98. The zero-order valence-electron chi connectivity index (χ0n) is 10.5. The maximum atomic E-state index is 13.0. The Bertz CT molecular complexity index is 284. The number of hydrogen-bond acceptors (Lipinski definition) is 2. The summed E-state index contributed by atoms with van der Waals surface area (Å²) in [6.45, 7) is 10.2. The van der Waals surface area contributed by atoms with E-state index in [9.17, 15) is 13.6 Å². The van der Waals surface area contributed by atoms with Gasteiger partial charge in [-0.3, -0.25) is 0 Å². The van der Waals surface area contributed by atoms with Gasteiger partial charge in [0.15, 0.2) is 8.32 Å². The van der Waals surface area contributed by atoms with E-state index in [4.69, 9.17) is 4.43 Å². The van der Waals surface area contributed by atoms with Gasteiger partial charge in [0.2, 0.25) is 0 Å². The van der Waals surface area contributed by atoms with Crippen LogP contribution in [0.25, 0.3) is 0 Å². The molecule has 0 N–H and O–H groups in total. The molecule has 1 aliphatic rings. The monoisotopic (exact) mass is 250 g/mol. The Balaban J connectivity index is 2.52. The van der Waals surface area contributed by atoms with Crippen LogP contribution in [0.5, 0.6) is 0 Å². The Hall–Kier alpha value is -0.293. The molecule has 2 nitrogen and oxygen atoms in total. The molecule has 0 aromatic heterocycles. The lowest BCUT2D eigenvalue weighted by molar-refractivity contribution is -0.110. The van der Waals surface area contributed by atoms with E-state index in [1.165, 1.54) is 0 Å². The van der Waals surface area contributed by atoms with Gasteiger partial charge in [0.25, 0.3) is 5.92 Å². The highest BCUT2D eigenvalue weighted by Crippen LogP contribution is 2.54. The fourth-order valence-electron chi connectivity index (χ4n) is 1.33. The molecule has 0 aromatic rings. The maximum absolute atomic E-state index is 13.0. The molecule has 2 unspecified atom stereocenters. The second-order valence-corrected chi connectivity index (χ2v) is 10.8. The minimum Gasteiger partial charge on any atom is -0.416 e. The molecule has 0 radical (unpaired) electrons. The van der Waals surface area contributed by atoms with Crippen molar-refractivity contribution < 1.29 is 18.0 Å². The number of carbonyl (C=O) groups is 1. The minimum absolute atomic E-state index is 0.00684. The summed E-state index contributed by atoms with van der Waals surface area (Å²) < 4.78 is 31.8. The summed E-state index contributed by atoms with van der Waals surface area (Å²) in [5.41, 5.74) is 0. The lowest BCUT2D eigenvalue weighted by Gasteiger charge is -2.36. The molecule has 0 saturated heterocycles. The smallest absolute Gasteiger partial charge is 0.263 e. The van der Waals surface area contributed by atoms with Crippen molar-refractivity contribution in [2.75, 3.05) is 6.61 Å². The molecule has 2 atom stereocenters. The fourth-order valence-corrected chi connectivity index (χ4v) is 2.36. The quantitative estimate of drug-likeness (QED) is 0.566. The lowest BCUT2D eigenvalue weighted by Crippen LogP contribution is -2.41. The SMILES string of the molecule is CC(C)(C)[Si](C)(C)OCC1C(C=O)C1(F)F. The normalized spacial score (nSPS) is 28.9. The third-order valence-electron chi connectivity index (χ3n) is 3.84. The number of hydrogen-bond donors (Lipinski definition) is 0. The van der Waals surface area contributed by atoms with Crippen molar-refractivity contribution in [3.63, 3.8) is 0 Å². The second kappa shape index (κ2) is 3.87. The van der Waals surface area contributed by atoms with E-state index in [2.05, 4.69) is 20.8 Å². The summed E-state index contributed by atoms with van der Waals surface area (Å²) in [4.78, 5) is 10.4. The van der Waals surface area contributed by atoms with Crippen molar-refractivity contribution in [2.45, 2.75) is 44.8 Å². The van der Waals surface area contributed by atoms with Crippen LogP contribution in [0.3, 0.4) is 0 Å². The van der Waals surface area contributed by atoms with Crippen LogP contribution in [-0.2, 0) is 9.22 Å². The van der Waals surface area contributed by atoms with Gasteiger partial charge in [0.05, 0.1) is 11.8 Å². The molecule has 5 heteroatoms. The summed E-state index contributed by atoms with van der Waals surface area (Å²) in [5, 5.41) is 0.00779. The van der Waals surface area contributed by atoms with Crippen LogP contribution < -0.4 is 0 Å². The highest BCUT2D eigenvalue weighted by atomic mass is 28.4. The lowest BCUT2D eigenvalue weighted by atomic mass is 10.2. The van der Waals surface area contributed by atoms with Gasteiger partial charge in [0.1, 0.15) is 6.29 Å². The molecule has 0 heterocycles. The molecule has 0 spiro atoms. The van der Waals surface area contributed by atoms with Gasteiger partial charge < -0.3 is 9.22 Å². The van der Waals surface area contributed by atoms with E-state index in [-0.39, 0.29) is 11.6 Å². The van der Waals surface area contributed by atoms with Crippen molar-refractivity contribution in [3.8, 4) is 0 Å². The van der Waals surface area contributed by atoms with E-state index in [1.807, 2.05) is 13.1 Å². The molecule has 1 fully saturated rings. The van der Waals surface area contributed by atoms with Crippen LogP contribution in [0.2, 0.25) is 18.1 Å². The summed E-state index contributed by atoms with van der Waals surface area (Å²) in [5.74, 6) is -4.87. The molecule has 16 heavy (non-hydrogen) atoms. The van der Waals surface area contributed by atoms with E-state index >= 15 is 0 Å². The molecule has 0 aliphatic heterocycles. The summed E-state index contributed by atoms with van der Waals surface area (Å²) in [6, 6.07) is 0. The van der Waals surface area contributed by atoms with Gasteiger partial charge in [-0.2, -0.15) is 0 Å². The Morgan fingerprint density at radius 3 is 2.19 bits per heavy atom. The number of rotatable bonds is 4. The van der Waals surface area contributed by atoms with Crippen molar-refractivity contribution in [3.05, 3.63) is 0 Å². The third kappa shape index (κ3) is 2.35. The van der Waals surface area contributed by atoms with Gasteiger partial charge in [-0.05, 0) is 18.1 Å². The van der Waals surface area contributed by atoms with Crippen LogP contribution in [0.15, 0.2) is 0 Å². The minimum atomic E-state index is -2.84. The van der Waals surface area contributed by atoms with Crippen LogP contribution in [0.4, 0.5) is 8.78 Å². The predicted molar refractivity (Wildman–Crippen MR) is 61.1 cm³/mol. The largest absolute Gasteiger partial charge is 0.416 e. The van der Waals surface area contributed by atoms with E-state index in [0.29, 0.717) is 6.29 Å². The summed E-state index contributed by atoms with van der Waals surface area (Å²) in [6.07, 6.45) is 0.347. The molecular weight excluding hydrogens is 230 g/mol. The van der Waals surface area contributed by atoms with Gasteiger partial charge in [-0.1, -0.05) is 20.8 Å². The zero-order chi connectivity index (χ0) is 12.8. The van der Waals surface area contributed by atoms with Gasteiger partial charge in [0, 0.05) is 6.61 Å². The number of aldehydes is 1. The topological polar surface area (TPSA) is 26.3 Å². The van der Waals surface area contributed by atoms with Crippen molar-refractivity contribution >= 4 is 14.6 Å². The second-order valence-electron chi connectivity index (χ2n) is 6.01. The predicted octanol–water partition coefficient (Wildman–Crippen LogP) is 3.09. The zero-order valence-corrected chi connectivity index (χ0v) is 11.5. The Labute approximate surface area is 96.5 Å². The molecule has 1 rings (SSSR count). The molecule has 0 aromatic carbocycles. The van der Waals surface area contributed by atoms with E-state index < -0.39 is 26.1 Å². The summed E-state index contributed by atoms with van der Waals surface area (Å²) >= 11 is 0. The van der Waals surface area contributed by atoms with Gasteiger partial charge in [-0.25, -0.2) is 8.78 Å². The average Bonchev–Trinajstić information content (AvgIpc) is 2.61. The molecular formula is C11H20F2O2Si. The van der Waals surface area contributed by atoms with Gasteiger partial charge >= 0.3 is 0 Å². The maximum Gasteiger partial charge on any atom is 0.263 e. The van der Waals surface area contributed by atoms with Crippen LogP contribution in [0.1, 0.15) is 20.8 Å². The van der Waals surface area contributed by atoms with E-state index in [1.54, 1.807) is 0 Å². The first-order chi connectivity index (χ1) is 7.04.